The Morgan fingerprint density at radius 3 is 2.50 bits per heavy atom. The van der Waals surface area contributed by atoms with Crippen LogP contribution in [0.25, 0.3) is 5.57 Å². The number of hydrogen-bond donors (Lipinski definition) is 2. The van der Waals surface area contributed by atoms with Crippen molar-refractivity contribution >= 4 is 11.5 Å². The fourth-order valence-electron chi connectivity index (χ4n) is 3.95. The average Bonchev–Trinajstić information content (AvgIpc) is 3.15. The second-order valence-electron chi connectivity index (χ2n) is 7.57. The SMILES string of the molecule is Cc1cc(CO)cc(CC2=CCc3cccc(C#Cc4ccc(C(=O)O)cc4)c32)c1. The van der Waals surface area contributed by atoms with Crippen LogP contribution < -0.4 is 0 Å². The average molecular weight is 394 g/mol. The van der Waals surface area contributed by atoms with Gasteiger partial charge in [-0.05, 0) is 77.9 Å². The molecule has 4 rings (SSSR count). The molecule has 1 aliphatic carbocycles. The predicted octanol–water partition coefficient (Wildman–Crippen LogP) is 4.77. The molecule has 0 unspecified atom stereocenters. The Hall–Kier alpha value is -3.61. The summed E-state index contributed by atoms with van der Waals surface area (Å²) in [5, 5.41) is 18.5. The molecule has 0 amide bonds. The summed E-state index contributed by atoms with van der Waals surface area (Å²) < 4.78 is 0. The molecule has 0 saturated heterocycles. The summed E-state index contributed by atoms with van der Waals surface area (Å²) in [6, 6.07) is 19.1. The lowest BCUT2D eigenvalue weighted by molar-refractivity contribution is 0.0697. The molecule has 0 radical (unpaired) electrons. The van der Waals surface area contributed by atoms with E-state index in [1.165, 1.54) is 22.3 Å². The van der Waals surface area contributed by atoms with Crippen molar-refractivity contribution in [1.29, 1.82) is 0 Å². The van der Waals surface area contributed by atoms with Crippen molar-refractivity contribution in [2.24, 2.45) is 0 Å². The molecule has 148 valence electrons. The molecular weight excluding hydrogens is 372 g/mol. The fraction of sp³-hybridized carbons (Fsp3) is 0.148. The van der Waals surface area contributed by atoms with Crippen LogP contribution in [0.5, 0.6) is 0 Å². The van der Waals surface area contributed by atoms with Crippen molar-refractivity contribution < 1.29 is 15.0 Å². The van der Waals surface area contributed by atoms with Gasteiger partial charge in [0.05, 0.1) is 12.2 Å². The number of aliphatic hydroxyl groups excluding tert-OH is 1. The van der Waals surface area contributed by atoms with Gasteiger partial charge in [-0.2, -0.15) is 0 Å². The summed E-state index contributed by atoms with van der Waals surface area (Å²) in [5.74, 6) is 5.51. The highest BCUT2D eigenvalue weighted by atomic mass is 16.4. The van der Waals surface area contributed by atoms with Crippen molar-refractivity contribution in [1.82, 2.24) is 0 Å². The Labute approximate surface area is 176 Å². The Morgan fingerprint density at radius 2 is 1.77 bits per heavy atom. The number of aryl methyl sites for hydroxylation is 1. The molecule has 0 fully saturated rings. The number of carboxylic acid groups (broad SMARTS) is 1. The van der Waals surface area contributed by atoms with Crippen LogP contribution in [0.2, 0.25) is 0 Å². The summed E-state index contributed by atoms with van der Waals surface area (Å²) in [7, 11) is 0. The lowest BCUT2D eigenvalue weighted by Crippen LogP contribution is -1.96. The minimum Gasteiger partial charge on any atom is -0.478 e. The van der Waals surface area contributed by atoms with Crippen molar-refractivity contribution in [3.63, 3.8) is 0 Å². The van der Waals surface area contributed by atoms with Crippen molar-refractivity contribution in [3.8, 4) is 11.8 Å². The molecule has 30 heavy (non-hydrogen) atoms. The van der Waals surface area contributed by atoms with Gasteiger partial charge in [0.2, 0.25) is 0 Å². The van der Waals surface area contributed by atoms with Gasteiger partial charge in [-0.1, -0.05) is 53.8 Å². The van der Waals surface area contributed by atoms with Crippen LogP contribution in [0.3, 0.4) is 0 Å². The summed E-state index contributed by atoms with van der Waals surface area (Å²) in [6.45, 7) is 2.09. The topological polar surface area (TPSA) is 57.5 Å². The number of aliphatic hydroxyl groups is 1. The van der Waals surface area contributed by atoms with E-state index in [2.05, 4.69) is 36.1 Å². The second kappa shape index (κ2) is 8.41. The predicted molar refractivity (Wildman–Crippen MR) is 118 cm³/mol. The number of rotatable bonds is 4. The van der Waals surface area contributed by atoms with E-state index < -0.39 is 5.97 Å². The largest absolute Gasteiger partial charge is 0.478 e. The van der Waals surface area contributed by atoms with E-state index in [0.29, 0.717) is 0 Å². The van der Waals surface area contributed by atoms with Gasteiger partial charge >= 0.3 is 5.97 Å². The lowest BCUT2D eigenvalue weighted by Gasteiger charge is -2.11. The van der Waals surface area contributed by atoms with Crippen LogP contribution in [-0.4, -0.2) is 16.2 Å². The van der Waals surface area contributed by atoms with Crippen LogP contribution in [-0.2, 0) is 19.4 Å². The van der Waals surface area contributed by atoms with Gasteiger partial charge in [-0.25, -0.2) is 4.79 Å². The van der Waals surface area contributed by atoms with E-state index in [1.807, 2.05) is 25.1 Å². The summed E-state index contributed by atoms with van der Waals surface area (Å²) in [6.07, 6.45) is 3.96. The number of fused-ring (bicyclic) bond motifs is 1. The van der Waals surface area contributed by atoms with E-state index >= 15 is 0 Å². The standard InChI is InChI=1S/C27H22O3/c1-18-13-20(15-21(14-18)17-28)16-25-12-11-23-4-2-3-22(26(23)25)8-5-19-6-9-24(10-7-19)27(29)30/h2-4,6-7,9-10,12-15,28H,11,16-17H2,1H3,(H,29,30). The van der Waals surface area contributed by atoms with Gasteiger partial charge in [0, 0.05) is 11.1 Å². The maximum absolute atomic E-state index is 11.0. The third kappa shape index (κ3) is 4.20. The Kier molecular flexibility index (Phi) is 5.52. The lowest BCUT2D eigenvalue weighted by atomic mass is 9.93. The summed E-state index contributed by atoms with van der Waals surface area (Å²) in [4.78, 5) is 11.0. The highest BCUT2D eigenvalue weighted by Crippen LogP contribution is 2.33. The minimum absolute atomic E-state index is 0.0434. The molecule has 0 bridgehead atoms. The van der Waals surface area contributed by atoms with E-state index in [-0.39, 0.29) is 12.2 Å². The highest BCUT2D eigenvalue weighted by Gasteiger charge is 2.17. The van der Waals surface area contributed by atoms with Crippen LogP contribution >= 0.6 is 0 Å². The van der Waals surface area contributed by atoms with Crippen LogP contribution in [0, 0.1) is 18.8 Å². The second-order valence-corrected chi connectivity index (χ2v) is 7.57. The first kappa shape index (κ1) is 19.7. The zero-order chi connectivity index (χ0) is 21.1. The zero-order valence-corrected chi connectivity index (χ0v) is 16.8. The first-order chi connectivity index (χ1) is 14.5. The first-order valence-corrected chi connectivity index (χ1v) is 9.90. The summed E-state index contributed by atoms with van der Waals surface area (Å²) in [5.41, 5.74) is 9.01. The molecule has 0 aromatic heterocycles. The Bertz CT molecular complexity index is 1210. The number of aromatic carboxylic acids is 1. The Morgan fingerprint density at radius 1 is 1.00 bits per heavy atom. The zero-order valence-electron chi connectivity index (χ0n) is 16.8. The van der Waals surface area contributed by atoms with Crippen molar-refractivity contribution in [2.75, 3.05) is 0 Å². The first-order valence-electron chi connectivity index (χ1n) is 9.90. The van der Waals surface area contributed by atoms with Gasteiger partial charge in [-0.3, -0.25) is 0 Å². The van der Waals surface area contributed by atoms with Gasteiger partial charge in [-0.15, -0.1) is 0 Å². The van der Waals surface area contributed by atoms with E-state index in [1.54, 1.807) is 24.3 Å². The third-order valence-electron chi connectivity index (χ3n) is 5.29. The van der Waals surface area contributed by atoms with E-state index in [9.17, 15) is 9.90 Å². The van der Waals surface area contributed by atoms with E-state index in [0.717, 1.165) is 35.1 Å². The highest BCUT2D eigenvalue weighted by molar-refractivity contribution is 5.87. The smallest absolute Gasteiger partial charge is 0.335 e. The Balaban J connectivity index is 1.64. The minimum atomic E-state index is -0.939. The number of benzene rings is 3. The molecule has 0 heterocycles. The molecule has 1 aliphatic rings. The molecule has 0 saturated carbocycles. The number of carboxylic acids is 1. The molecule has 0 aliphatic heterocycles. The molecule has 3 aromatic rings. The van der Waals surface area contributed by atoms with Crippen molar-refractivity contribution in [2.45, 2.75) is 26.4 Å². The quantitative estimate of drug-likeness (QED) is 0.627. The fourth-order valence-corrected chi connectivity index (χ4v) is 3.95. The molecule has 3 heteroatoms. The molecule has 0 spiro atoms. The normalized spacial score (nSPS) is 12.0. The van der Waals surface area contributed by atoms with Crippen molar-refractivity contribution in [3.05, 3.63) is 111 Å². The third-order valence-corrected chi connectivity index (χ3v) is 5.29. The molecule has 3 nitrogen and oxygen atoms in total. The maximum atomic E-state index is 11.0. The van der Waals surface area contributed by atoms with Gasteiger partial charge in [0.15, 0.2) is 0 Å². The van der Waals surface area contributed by atoms with Crippen LogP contribution in [0.15, 0.2) is 66.7 Å². The monoisotopic (exact) mass is 394 g/mol. The summed E-state index contributed by atoms with van der Waals surface area (Å²) >= 11 is 0. The van der Waals surface area contributed by atoms with Gasteiger partial charge in [0.25, 0.3) is 0 Å². The van der Waals surface area contributed by atoms with Crippen LogP contribution in [0.1, 0.15) is 49.3 Å². The maximum Gasteiger partial charge on any atom is 0.335 e. The van der Waals surface area contributed by atoms with Gasteiger partial charge in [0.1, 0.15) is 0 Å². The van der Waals surface area contributed by atoms with E-state index in [4.69, 9.17) is 5.11 Å². The number of allylic oxidation sites excluding steroid dienone is 2. The molecule has 2 N–H and O–H groups in total. The van der Waals surface area contributed by atoms with Crippen LogP contribution in [0.4, 0.5) is 0 Å². The molecular formula is C27H22O3. The number of hydrogen-bond acceptors (Lipinski definition) is 2. The molecule has 0 atom stereocenters. The number of carbonyl (C=O) groups is 1. The molecule has 3 aromatic carbocycles. The van der Waals surface area contributed by atoms with Gasteiger partial charge < -0.3 is 10.2 Å².